The van der Waals surface area contributed by atoms with E-state index in [4.69, 9.17) is 4.74 Å². The third-order valence-corrected chi connectivity index (χ3v) is 4.59. The Morgan fingerprint density at radius 3 is 2.27 bits per heavy atom. The van der Waals surface area contributed by atoms with Gasteiger partial charge < -0.3 is 15.4 Å². The summed E-state index contributed by atoms with van der Waals surface area (Å²) in [5.74, 6) is -5.36. The maximum Gasteiger partial charge on any atom is 0.227 e. The minimum Gasteiger partial charge on any atom is -0.385 e. The molecule has 0 atom stereocenters. The second-order valence-electron chi connectivity index (χ2n) is 6.40. The van der Waals surface area contributed by atoms with Crippen LogP contribution in [-0.4, -0.2) is 32.1 Å². The van der Waals surface area contributed by atoms with Gasteiger partial charge in [0.1, 0.15) is 0 Å². The number of anilines is 1. The predicted molar refractivity (Wildman–Crippen MR) is 89.9 cm³/mol. The number of halogens is 3. The Morgan fingerprint density at radius 1 is 1.04 bits per heavy atom. The summed E-state index contributed by atoms with van der Waals surface area (Å²) in [6.07, 6.45) is 2.79. The summed E-state index contributed by atoms with van der Waals surface area (Å²) in [5.41, 5.74) is -0.382. The highest BCUT2D eigenvalue weighted by Crippen LogP contribution is 2.30. The minimum atomic E-state index is -1.61. The van der Waals surface area contributed by atoms with E-state index >= 15 is 0 Å². The fraction of sp³-hybridized carbons (Fsp3) is 0.556. The lowest BCUT2D eigenvalue weighted by molar-refractivity contribution is -0.128. The number of amides is 2. The van der Waals surface area contributed by atoms with Gasteiger partial charge in [-0.15, -0.1) is 0 Å². The van der Waals surface area contributed by atoms with E-state index < -0.39 is 23.4 Å². The van der Waals surface area contributed by atoms with Crippen LogP contribution in [-0.2, 0) is 14.3 Å². The van der Waals surface area contributed by atoms with Gasteiger partial charge in [0.25, 0.3) is 0 Å². The zero-order chi connectivity index (χ0) is 19.1. The van der Waals surface area contributed by atoms with Crippen LogP contribution in [0.2, 0.25) is 0 Å². The van der Waals surface area contributed by atoms with Gasteiger partial charge in [-0.05, 0) is 44.2 Å². The maximum absolute atomic E-state index is 13.6. The number of ether oxygens (including phenoxy) is 1. The molecule has 2 rings (SSSR count). The van der Waals surface area contributed by atoms with Crippen LogP contribution in [0, 0.1) is 29.3 Å². The van der Waals surface area contributed by atoms with E-state index in [1.165, 1.54) is 0 Å². The van der Waals surface area contributed by atoms with E-state index in [1.54, 1.807) is 7.11 Å². The van der Waals surface area contributed by atoms with Crippen LogP contribution in [0.5, 0.6) is 0 Å². The Hall–Kier alpha value is -2.09. The molecule has 1 saturated carbocycles. The van der Waals surface area contributed by atoms with E-state index in [9.17, 15) is 22.8 Å². The molecular weight excluding hydrogens is 349 g/mol. The molecule has 144 valence electrons. The molecule has 2 N–H and O–H groups in total. The molecule has 0 aromatic heterocycles. The Morgan fingerprint density at radius 2 is 1.65 bits per heavy atom. The average Bonchev–Trinajstić information content (AvgIpc) is 2.65. The standard InChI is InChI=1S/C18H23F3N2O3/c1-26-10-2-9-22-17(24)11-3-5-12(6-4-11)18(25)23-14-8-7-13(19)15(20)16(14)21/h7-8,11-12H,2-6,9-10H2,1H3,(H,22,24)(H,23,25). The van der Waals surface area contributed by atoms with Crippen LogP contribution in [0.25, 0.3) is 0 Å². The van der Waals surface area contributed by atoms with E-state index in [0.717, 1.165) is 18.6 Å². The first-order valence-electron chi connectivity index (χ1n) is 8.65. The van der Waals surface area contributed by atoms with E-state index in [2.05, 4.69) is 10.6 Å². The normalized spacial score (nSPS) is 19.8. The first-order chi connectivity index (χ1) is 12.4. The van der Waals surface area contributed by atoms with Crippen molar-refractivity contribution >= 4 is 17.5 Å². The SMILES string of the molecule is COCCCNC(=O)C1CCC(C(=O)Nc2ccc(F)c(F)c2F)CC1. The molecule has 0 saturated heterocycles. The zero-order valence-corrected chi connectivity index (χ0v) is 14.6. The summed E-state index contributed by atoms with van der Waals surface area (Å²) < 4.78 is 44.7. The van der Waals surface area contributed by atoms with Crippen LogP contribution >= 0.6 is 0 Å². The fourth-order valence-corrected chi connectivity index (χ4v) is 3.05. The van der Waals surface area contributed by atoms with Crippen molar-refractivity contribution in [3.63, 3.8) is 0 Å². The van der Waals surface area contributed by atoms with Gasteiger partial charge in [0.05, 0.1) is 5.69 Å². The summed E-state index contributed by atoms with van der Waals surface area (Å²) in [6, 6.07) is 1.75. The second-order valence-corrected chi connectivity index (χ2v) is 6.40. The number of hydrogen-bond donors (Lipinski definition) is 2. The molecule has 8 heteroatoms. The van der Waals surface area contributed by atoms with Crippen molar-refractivity contribution in [1.82, 2.24) is 5.32 Å². The van der Waals surface area contributed by atoms with Gasteiger partial charge in [0, 0.05) is 32.1 Å². The zero-order valence-electron chi connectivity index (χ0n) is 14.6. The largest absolute Gasteiger partial charge is 0.385 e. The van der Waals surface area contributed by atoms with Crippen molar-refractivity contribution in [1.29, 1.82) is 0 Å². The molecule has 26 heavy (non-hydrogen) atoms. The lowest BCUT2D eigenvalue weighted by Crippen LogP contribution is -2.36. The predicted octanol–water partition coefficient (Wildman–Crippen LogP) is 3.00. The van der Waals surface area contributed by atoms with E-state index in [0.29, 0.717) is 38.8 Å². The third kappa shape index (κ3) is 5.20. The van der Waals surface area contributed by atoms with Gasteiger partial charge in [0.15, 0.2) is 17.5 Å². The fourth-order valence-electron chi connectivity index (χ4n) is 3.05. The molecule has 1 aliphatic carbocycles. The molecule has 0 bridgehead atoms. The number of nitrogens with one attached hydrogen (secondary N) is 2. The Balaban J connectivity index is 1.81. The van der Waals surface area contributed by atoms with Gasteiger partial charge in [-0.3, -0.25) is 9.59 Å². The molecule has 0 spiro atoms. The summed E-state index contributed by atoms with van der Waals surface area (Å²) in [4.78, 5) is 24.3. The monoisotopic (exact) mass is 372 g/mol. The second kappa shape index (κ2) is 9.56. The first kappa shape index (κ1) is 20.2. The summed E-state index contributed by atoms with van der Waals surface area (Å²) >= 11 is 0. The molecule has 1 fully saturated rings. The van der Waals surface area contributed by atoms with E-state index in [-0.39, 0.29) is 23.4 Å². The van der Waals surface area contributed by atoms with Crippen LogP contribution in [0.3, 0.4) is 0 Å². The summed E-state index contributed by atoms with van der Waals surface area (Å²) in [7, 11) is 1.60. The molecule has 1 aromatic carbocycles. The van der Waals surface area contributed by atoms with Crippen LogP contribution in [0.1, 0.15) is 32.1 Å². The quantitative estimate of drug-likeness (QED) is 0.571. The summed E-state index contributed by atoms with van der Waals surface area (Å²) in [5, 5.41) is 5.15. The molecule has 0 aliphatic heterocycles. The topological polar surface area (TPSA) is 67.4 Å². The lowest BCUT2D eigenvalue weighted by Gasteiger charge is -2.27. The van der Waals surface area contributed by atoms with E-state index in [1.807, 2.05) is 0 Å². The van der Waals surface area contributed by atoms with Gasteiger partial charge in [-0.2, -0.15) is 0 Å². The lowest BCUT2D eigenvalue weighted by atomic mass is 9.81. The number of carbonyl (C=O) groups is 2. The minimum absolute atomic E-state index is 0.0355. The highest BCUT2D eigenvalue weighted by molar-refractivity contribution is 5.93. The molecule has 1 aromatic rings. The van der Waals surface area contributed by atoms with Gasteiger partial charge in [-0.1, -0.05) is 0 Å². The van der Waals surface area contributed by atoms with Crippen LogP contribution in [0.4, 0.5) is 18.9 Å². The first-order valence-corrected chi connectivity index (χ1v) is 8.65. The number of benzene rings is 1. The van der Waals surface area contributed by atoms with Crippen molar-refractivity contribution in [3.05, 3.63) is 29.6 Å². The number of carbonyl (C=O) groups excluding carboxylic acids is 2. The molecule has 0 unspecified atom stereocenters. The average molecular weight is 372 g/mol. The number of hydrogen-bond acceptors (Lipinski definition) is 3. The molecule has 0 heterocycles. The van der Waals surface area contributed by atoms with Crippen molar-refractivity contribution in [2.45, 2.75) is 32.1 Å². The third-order valence-electron chi connectivity index (χ3n) is 4.59. The smallest absolute Gasteiger partial charge is 0.227 e. The number of methoxy groups -OCH3 is 1. The summed E-state index contributed by atoms with van der Waals surface area (Å²) in [6.45, 7) is 1.12. The van der Waals surface area contributed by atoms with Gasteiger partial charge in [0.2, 0.25) is 11.8 Å². The van der Waals surface area contributed by atoms with Crippen molar-refractivity contribution < 1.29 is 27.5 Å². The molecule has 0 radical (unpaired) electrons. The van der Waals surface area contributed by atoms with Crippen molar-refractivity contribution in [3.8, 4) is 0 Å². The molecule has 2 amide bonds. The number of rotatable bonds is 7. The van der Waals surface area contributed by atoms with Gasteiger partial charge >= 0.3 is 0 Å². The molecular formula is C18H23F3N2O3. The van der Waals surface area contributed by atoms with Crippen molar-refractivity contribution in [2.24, 2.45) is 11.8 Å². The Kier molecular flexibility index (Phi) is 7.44. The van der Waals surface area contributed by atoms with Crippen LogP contribution < -0.4 is 10.6 Å². The van der Waals surface area contributed by atoms with Gasteiger partial charge in [-0.25, -0.2) is 13.2 Å². The van der Waals surface area contributed by atoms with Crippen LogP contribution in [0.15, 0.2) is 12.1 Å². The Labute approximate surface area is 150 Å². The highest BCUT2D eigenvalue weighted by Gasteiger charge is 2.30. The molecule has 5 nitrogen and oxygen atoms in total. The van der Waals surface area contributed by atoms with Crippen molar-refractivity contribution in [2.75, 3.05) is 25.6 Å². The Bertz CT molecular complexity index is 647. The molecule has 1 aliphatic rings. The highest BCUT2D eigenvalue weighted by atomic mass is 19.2. The maximum atomic E-state index is 13.6.